The monoisotopic (exact) mass is 204 g/mol. The normalized spacial score (nSPS) is 11.6. The summed E-state index contributed by atoms with van der Waals surface area (Å²) in [5.41, 5.74) is 2.75. The summed E-state index contributed by atoms with van der Waals surface area (Å²) in [5, 5.41) is 12.2. The van der Waals surface area contributed by atoms with E-state index in [1.807, 2.05) is 61.5 Å². The molecule has 0 aromatic heterocycles. The summed E-state index contributed by atoms with van der Waals surface area (Å²) in [4.78, 5) is 0. The molecule has 2 heteroatoms. The summed E-state index contributed by atoms with van der Waals surface area (Å²) in [6.07, 6.45) is -0.771. The van der Waals surface area contributed by atoms with E-state index < -0.39 is 6.10 Å². The van der Waals surface area contributed by atoms with Gasteiger partial charge >= 0.3 is 18.9 Å². The molecule has 0 saturated carbocycles. The molecule has 1 nitrogen and oxygen atoms in total. The molecule has 0 aliphatic carbocycles. The molecule has 0 aliphatic rings. The molecule has 1 unspecified atom stereocenters. The van der Waals surface area contributed by atoms with Crippen molar-refractivity contribution >= 4 is 0 Å². The van der Waals surface area contributed by atoms with Crippen LogP contribution in [0, 0.1) is 6.92 Å². The summed E-state index contributed by atoms with van der Waals surface area (Å²) in [7, 11) is 0. The summed E-state index contributed by atoms with van der Waals surface area (Å²) in [5.74, 6) is 0. The van der Waals surface area contributed by atoms with Crippen LogP contribution >= 0.6 is 0 Å². The third-order valence-electron chi connectivity index (χ3n) is 2.57. The van der Waals surface area contributed by atoms with E-state index in [9.17, 15) is 5.11 Å². The first-order valence-corrected chi connectivity index (χ1v) is 5.05. The first-order chi connectivity index (χ1) is 7.29. The van der Waals surface area contributed by atoms with E-state index in [-0.39, 0.29) is 18.9 Å². The van der Waals surface area contributed by atoms with Crippen molar-refractivity contribution in [3.63, 3.8) is 0 Å². The molecular formula is C14H13LiO. The molecule has 16 heavy (non-hydrogen) atoms. The zero-order valence-electron chi connectivity index (χ0n) is 9.68. The maximum atomic E-state index is 12.2. The van der Waals surface area contributed by atoms with E-state index in [0.717, 1.165) is 16.7 Å². The average Bonchev–Trinajstić information content (AvgIpc) is 2.30. The quantitative estimate of drug-likeness (QED) is 0.602. The molecule has 2 aromatic rings. The van der Waals surface area contributed by atoms with Crippen molar-refractivity contribution in [3.05, 3.63) is 71.3 Å². The minimum absolute atomic E-state index is 0. The standard InChI is InChI=1S/C14H13O.Li/c1-11-7-5-6-10-13(11)14(15)12-8-3-2-4-9-12;/h2-10,14H,1H3;/q-1;+1. The smallest absolute Gasteiger partial charge is 0.845 e. The van der Waals surface area contributed by atoms with Crippen molar-refractivity contribution in [1.82, 2.24) is 0 Å². The summed E-state index contributed by atoms with van der Waals surface area (Å²) >= 11 is 0. The summed E-state index contributed by atoms with van der Waals surface area (Å²) < 4.78 is 0. The predicted molar refractivity (Wildman–Crippen MR) is 59.5 cm³/mol. The maximum absolute atomic E-state index is 12.2. The minimum Gasteiger partial charge on any atom is -0.845 e. The predicted octanol–water partition coefficient (Wildman–Crippen LogP) is -0.551. The van der Waals surface area contributed by atoms with Gasteiger partial charge in [-0.05, 0) is 12.5 Å². The fraction of sp³-hybridized carbons (Fsp3) is 0.143. The van der Waals surface area contributed by atoms with Gasteiger partial charge in [-0.1, -0.05) is 71.8 Å². The molecule has 2 aromatic carbocycles. The molecule has 76 valence electrons. The van der Waals surface area contributed by atoms with Crippen LogP contribution in [0.15, 0.2) is 54.6 Å². The van der Waals surface area contributed by atoms with Crippen molar-refractivity contribution in [2.45, 2.75) is 13.0 Å². The number of benzene rings is 2. The molecule has 1 atom stereocenters. The van der Waals surface area contributed by atoms with E-state index in [1.54, 1.807) is 0 Å². The molecule has 0 fully saturated rings. The third-order valence-corrected chi connectivity index (χ3v) is 2.57. The molecule has 0 saturated heterocycles. The number of hydrogen-bond acceptors (Lipinski definition) is 1. The first kappa shape index (κ1) is 13.1. The Labute approximate surface area is 108 Å². The minimum atomic E-state index is -0.771. The zero-order valence-corrected chi connectivity index (χ0v) is 9.68. The van der Waals surface area contributed by atoms with Crippen LogP contribution in [0.2, 0.25) is 0 Å². The van der Waals surface area contributed by atoms with Crippen LogP contribution in [0.4, 0.5) is 0 Å². The summed E-state index contributed by atoms with van der Waals surface area (Å²) in [6, 6.07) is 17.2. The molecule has 2 rings (SSSR count). The Balaban J connectivity index is 0.00000128. The Bertz CT molecular complexity index is 439. The molecule has 0 heterocycles. The van der Waals surface area contributed by atoms with Gasteiger partial charge in [-0.15, -0.1) is 0 Å². The van der Waals surface area contributed by atoms with Crippen molar-refractivity contribution in [3.8, 4) is 0 Å². The van der Waals surface area contributed by atoms with Gasteiger partial charge < -0.3 is 5.11 Å². The van der Waals surface area contributed by atoms with Gasteiger partial charge in [-0.25, -0.2) is 0 Å². The largest absolute Gasteiger partial charge is 1.00 e. The van der Waals surface area contributed by atoms with Gasteiger partial charge in [0.2, 0.25) is 0 Å². The van der Waals surface area contributed by atoms with Gasteiger partial charge in [0.1, 0.15) is 0 Å². The SMILES string of the molecule is Cc1ccccc1C([O-])c1ccccc1.[Li+]. The Hall–Kier alpha value is -1.00. The van der Waals surface area contributed by atoms with Gasteiger partial charge in [-0.2, -0.15) is 0 Å². The topological polar surface area (TPSA) is 23.1 Å². The van der Waals surface area contributed by atoms with Crippen LogP contribution in [-0.2, 0) is 0 Å². The number of hydrogen-bond donors (Lipinski definition) is 0. The Morgan fingerprint density at radius 3 is 2.06 bits per heavy atom. The van der Waals surface area contributed by atoms with Gasteiger partial charge in [0, 0.05) is 0 Å². The van der Waals surface area contributed by atoms with Gasteiger partial charge in [0.15, 0.2) is 0 Å². The van der Waals surface area contributed by atoms with Crippen LogP contribution in [0.25, 0.3) is 0 Å². The van der Waals surface area contributed by atoms with Crippen molar-refractivity contribution in [2.75, 3.05) is 0 Å². The van der Waals surface area contributed by atoms with Crippen molar-refractivity contribution in [2.24, 2.45) is 0 Å². The van der Waals surface area contributed by atoms with E-state index in [0.29, 0.717) is 0 Å². The molecule has 0 N–H and O–H groups in total. The van der Waals surface area contributed by atoms with E-state index in [1.165, 1.54) is 0 Å². The van der Waals surface area contributed by atoms with Crippen LogP contribution in [-0.4, -0.2) is 0 Å². The van der Waals surface area contributed by atoms with E-state index in [2.05, 4.69) is 0 Å². The zero-order chi connectivity index (χ0) is 10.7. The number of rotatable bonds is 2. The molecule has 0 aliphatic heterocycles. The van der Waals surface area contributed by atoms with Crippen LogP contribution in [0.5, 0.6) is 0 Å². The van der Waals surface area contributed by atoms with Crippen LogP contribution < -0.4 is 24.0 Å². The third kappa shape index (κ3) is 2.77. The van der Waals surface area contributed by atoms with Crippen LogP contribution in [0.1, 0.15) is 22.8 Å². The first-order valence-electron chi connectivity index (χ1n) is 5.05. The maximum Gasteiger partial charge on any atom is 1.00 e. The Morgan fingerprint density at radius 1 is 0.875 bits per heavy atom. The van der Waals surface area contributed by atoms with Crippen molar-refractivity contribution < 1.29 is 24.0 Å². The second-order valence-electron chi connectivity index (χ2n) is 3.65. The molecule has 0 spiro atoms. The molecule has 0 amide bonds. The van der Waals surface area contributed by atoms with Crippen molar-refractivity contribution in [1.29, 1.82) is 0 Å². The van der Waals surface area contributed by atoms with Crippen LogP contribution in [0.3, 0.4) is 0 Å². The molecule has 0 radical (unpaired) electrons. The Kier molecular flexibility index (Phi) is 4.83. The molecular weight excluding hydrogens is 191 g/mol. The van der Waals surface area contributed by atoms with Gasteiger partial charge in [0.05, 0.1) is 0 Å². The van der Waals surface area contributed by atoms with Gasteiger partial charge in [-0.3, -0.25) is 0 Å². The van der Waals surface area contributed by atoms with E-state index >= 15 is 0 Å². The van der Waals surface area contributed by atoms with Gasteiger partial charge in [0.25, 0.3) is 0 Å². The molecule has 0 bridgehead atoms. The second kappa shape index (κ2) is 5.91. The fourth-order valence-corrected chi connectivity index (χ4v) is 1.69. The Morgan fingerprint density at radius 2 is 1.44 bits per heavy atom. The average molecular weight is 204 g/mol. The fourth-order valence-electron chi connectivity index (χ4n) is 1.69. The second-order valence-corrected chi connectivity index (χ2v) is 3.65. The van der Waals surface area contributed by atoms with E-state index in [4.69, 9.17) is 0 Å². The number of aryl methyl sites for hydroxylation is 1. The summed E-state index contributed by atoms with van der Waals surface area (Å²) in [6.45, 7) is 1.98.